The lowest BCUT2D eigenvalue weighted by Crippen LogP contribution is -2.38. The van der Waals surface area contributed by atoms with Crippen LogP contribution in [0.1, 0.15) is 75.1 Å². The molecule has 0 saturated heterocycles. The van der Waals surface area contributed by atoms with Crippen molar-refractivity contribution in [1.29, 1.82) is 0 Å². The Morgan fingerprint density at radius 1 is 1.15 bits per heavy atom. The van der Waals surface area contributed by atoms with E-state index < -0.39 is 0 Å². The lowest BCUT2D eigenvalue weighted by molar-refractivity contribution is 0.144. The van der Waals surface area contributed by atoms with Crippen molar-refractivity contribution >= 4 is 0 Å². The van der Waals surface area contributed by atoms with E-state index in [0.29, 0.717) is 11.5 Å². The molecule has 0 aliphatic heterocycles. The molecule has 1 heteroatoms. The number of benzene rings is 1. The summed E-state index contributed by atoms with van der Waals surface area (Å²) < 4.78 is 0. The van der Waals surface area contributed by atoms with Crippen LogP contribution in [0.15, 0.2) is 18.2 Å². The molecule has 1 atom stereocenters. The summed E-state index contributed by atoms with van der Waals surface area (Å²) >= 11 is 0. The average molecular weight is 273 g/mol. The number of aryl methyl sites for hydroxylation is 2. The normalized spacial score (nSPS) is 19.8. The molecule has 1 saturated carbocycles. The Kier molecular flexibility index (Phi) is 5.26. The molecule has 1 aliphatic carbocycles. The zero-order chi connectivity index (χ0) is 14.6. The maximum atomic E-state index is 3.86. The Bertz CT molecular complexity index is 429. The minimum Gasteiger partial charge on any atom is -0.309 e. The van der Waals surface area contributed by atoms with Crippen LogP contribution in [0.5, 0.6) is 0 Å². The van der Waals surface area contributed by atoms with Gasteiger partial charge in [0.1, 0.15) is 0 Å². The van der Waals surface area contributed by atoms with E-state index in [4.69, 9.17) is 0 Å². The predicted molar refractivity (Wildman–Crippen MR) is 88.1 cm³/mol. The van der Waals surface area contributed by atoms with Gasteiger partial charge in [0.05, 0.1) is 0 Å². The van der Waals surface area contributed by atoms with E-state index in [2.05, 4.69) is 51.2 Å². The molecule has 1 aromatic carbocycles. The van der Waals surface area contributed by atoms with Gasteiger partial charge in [-0.15, -0.1) is 0 Å². The van der Waals surface area contributed by atoms with Gasteiger partial charge in [0.2, 0.25) is 0 Å². The lowest BCUT2D eigenvalue weighted by Gasteiger charge is -2.42. The molecule has 0 radical (unpaired) electrons. The molecule has 20 heavy (non-hydrogen) atoms. The van der Waals surface area contributed by atoms with Gasteiger partial charge < -0.3 is 5.32 Å². The van der Waals surface area contributed by atoms with Gasteiger partial charge in [0.15, 0.2) is 0 Å². The van der Waals surface area contributed by atoms with Crippen LogP contribution in [-0.2, 0) is 0 Å². The van der Waals surface area contributed by atoms with Gasteiger partial charge in [-0.3, -0.25) is 0 Å². The third-order valence-corrected chi connectivity index (χ3v) is 5.04. The molecule has 1 aromatic rings. The first-order chi connectivity index (χ1) is 9.57. The summed E-state index contributed by atoms with van der Waals surface area (Å²) in [4.78, 5) is 0. The SMILES string of the molecule is CCCNC(c1cc(C)ccc1C)C1(C)CCCCC1. The molecule has 2 rings (SSSR count). The van der Waals surface area contributed by atoms with Crippen molar-refractivity contribution in [3.05, 3.63) is 34.9 Å². The first kappa shape index (κ1) is 15.6. The third kappa shape index (κ3) is 3.44. The topological polar surface area (TPSA) is 12.0 Å². The fraction of sp³-hybridized carbons (Fsp3) is 0.684. The van der Waals surface area contributed by atoms with Crippen molar-refractivity contribution < 1.29 is 0 Å². The monoisotopic (exact) mass is 273 g/mol. The fourth-order valence-electron chi connectivity index (χ4n) is 3.74. The summed E-state index contributed by atoms with van der Waals surface area (Å²) in [6.45, 7) is 10.4. The standard InChI is InChI=1S/C19H31N/c1-5-13-20-18(19(4)11-7-6-8-12-19)17-14-15(2)9-10-16(17)3/h9-10,14,18,20H,5-8,11-13H2,1-4H3. The summed E-state index contributed by atoms with van der Waals surface area (Å²) in [5.41, 5.74) is 4.78. The zero-order valence-corrected chi connectivity index (χ0v) is 13.8. The molecule has 0 aromatic heterocycles. The van der Waals surface area contributed by atoms with Crippen LogP contribution in [0.2, 0.25) is 0 Å². The molecule has 1 fully saturated rings. The van der Waals surface area contributed by atoms with E-state index in [0.717, 1.165) is 6.54 Å². The van der Waals surface area contributed by atoms with Gasteiger partial charge in [-0.1, -0.05) is 56.9 Å². The van der Waals surface area contributed by atoms with Gasteiger partial charge in [0.25, 0.3) is 0 Å². The predicted octanol–water partition coefficient (Wildman–Crippen LogP) is 5.31. The minimum absolute atomic E-state index is 0.423. The van der Waals surface area contributed by atoms with Crippen molar-refractivity contribution in [2.45, 2.75) is 72.3 Å². The van der Waals surface area contributed by atoms with Crippen LogP contribution < -0.4 is 5.32 Å². The van der Waals surface area contributed by atoms with Gasteiger partial charge in [-0.05, 0) is 56.2 Å². The van der Waals surface area contributed by atoms with Crippen LogP contribution in [0, 0.1) is 19.3 Å². The smallest absolute Gasteiger partial charge is 0.0377 e. The molecular weight excluding hydrogens is 242 g/mol. The highest BCUT2D eigenvalue weighted by Crippen LogP contribution is 2.46. The highest BCUT2D eigenvalue weighted by Gasteiger charge is 2.36. The van der Waals surface area contributed by atoms with E-state index in [9.17, 15) is 0 Å². The Morgan fingerprint density at radius 3 is 2.50 bits per heavy atom. The Balaban J connectivity index is 2.33. The van der Waals surface area contributed by atoms with E-state index >= 15 is 0 Å². The van der Waals surface area contributed by atoms with Crippen molar-refractivity contribution in [3.8, 4) is 0 Å². The van der Waals surface area contributed by atoms with Gasteiger partial charge in [-0.2, -0.15) is 0 Å². The molecule has 1 aliphatic rings. The van der Waals surface area contributed by atoms with Crippen LogP contribution in [-0.4, -0.2) is 6.54 Å². The van der Waals surface area contributed by atoms with Gasteiger partial charge in [0, 0.05) is 6.04 Å². The summed E-state index contributed by atoms with van der Waals surface area (Å²) in [5.74, 6) is 0. The summed E-state index contributed by atoms with van der Waals surface area (Å²) in [6.07, 6.45) is 8.14. The van der Waals surface area contributed by atoms with Crippen molar-refractivity contribution in [1.82, 2.24) is 5.32 Å². The summed E-state index contributed by atoms with van der Waals surface area (Å²) in [6, 6.07) is 7.45. The summed E-state index contributed by atoms with van der Waals surface area (Å²) in [5, 5.41) is 3.86. The first-order valence-corrected chi connectivity index (χ1v) is 8.37. The molecule has 1 unspecified atom stereocenters. The van der Waals surface area contributed by atoms with Crippen LogP contribution in [0.3, 0.4) is 0 Å². The van der Waals surface area contributed by atoms with Crippen LogP contribution in [0.4, 0.5) is 0 Å². The highest BCUT2D eigenvalue weighted by molar-refractivity contribution is 5.34. The van der Waals surface area contributed by atoms with Crippen LogP contribution in [0.25, 0.3) is 0 Å². The Labute approximate surface area is 125 Å². The molecule has 1 nitrogen and oxygen atoms in total. The molecule has 0 amide bonds. The minimum atomic E-state index is 0.423. The van der Waals surface area contributed by atoms with E-state index in [-0.39, 0.29) is 0 Å². The fourth-order valence-corrected chi connectivity index (χ4v) is 3.74. The quantitative estimate of drug-likeness (QED) is 0.766. The molecular formula is C19H31N. The zero-order valence-electron chi connectivity index (χ0n) is 13.8. The average Bonchev–Trinajstić information content (AvgIpc) is 2.43. The molecule has 1 N–H and O–H groups in total. The maximum absolute atomic E-state index is 3.86. The molecule has 0 heterocycles. The second-order valence-corrected chi connectivity index (χ2v) is 6.96. The lowest BCUT2D eigenvalue weighted by atomic mass is 9.68. The Morgan fingerprint density at radius 2 is 1.85 bits per heavy atom. The second-order valence-electron chi connectivity index (χ2n) is 6.96. The number of nitrogens with one attached hydrogen (secondary N) is 1. The maximum Gasteiger partial charge on any atom is 0.0377 e. The number of rotatable bonds is 5. The van der Waals surface area contributed by atoms with E-state index in [1.165, 1.54) is 55.2 Å². The van der Waals surface area contributed by atoms with Gasteiger partial charge >= 0.3 is 0 Å². The molecule has 112 valence electrons. The summed E-state index contributed by atoms with van der Waals surface area (Å²) in [7, 11) is 0. The van der Waals surface area contributed by atoms with Crippen molar-refractivity contribution in [2.75, 3.05) is 6.54 Å². The van der Waals surface area contributed by atoms with Crippen molar-refractivity contribution in [2.24, 2.45) is 5.41 Å². The second kappa shape index (κ2) is 6.76. The molecule has 0 spiro atoms. The Hall–Kier alpha value is -0.820. The molecule has 0 bridgehead atoms. The highest BCUT2D eigenvalue weighted by atomic mass is 14.9. The third-order valence-electron chi connectivity index (χ3n) is 5.04. The number of hydrogen-bond donors (Lipinski definition) is 1. The van der Waals surface area contributed by atoms with Crippen molar-refractivity contribution in [3.63, 3.8) is 0 Å². The first-order valence-electron chi connectivity index (χ1n) is 8.37. The van der Waals surface area contributed by atoms with Crippen LogP contribution >= 0.6 is 0 Å². The van der Waals surface area contributed by atoms with Gasteiger partial charge in [-0.25, -0.2) is 0 Å². The van der Waals surface area contributed by atoms with E-state index in [1.807, 2.05) is 0 Å². The largest absolute Gasteiger partial charge is 0.309 e. The number of hydrogen-bond acceptors (Lipinski definition) is 1. The van der Waals surface area contributed by atoms with E-state index in [1.54, 1.807) is 0 Å².